The molecule has 0 unspecified atom stereocenters. The Balaban J connectivity index is 1.73. The van der Waals surface area contributed by atoms with Gasteiger partial charge in [0.05, 0.1) is 24.3 Å². The van der Waals surface area contributed by atoms with Crippen LogP contribution in [0.5, 0.6) is 5.75 Å². The van der Waals surface area contributed by atoms with Crippen LogP contribution in [0, 0.1) is 11.6 Å². The number of aryl methyl sites for hydroxylation is 1. The largest absolute Gasteiger partial charge is 0.491 e. The Morgan fingerprint density at radius 1 is 1.39 bits per heavy atom. The minimum absolute atomic E-state index is 0.00935. The van der Waals surface area contributed by atoms with Crippen LogP contribution in [0.2, 0.25) is 0 Å². The average Bonchev–Trinajstić information content (AvgIpc) is 3.47. The molecule has 0 spiro atoms. The van der Waals surface area contributed by atoms with Crippen molar-refractivity contribution in [2.24, 2.45) is 0 Å². The molecule has 0 saturated heterocycles. The summed E-state index contributed by atoms with van der Waals surface area (Å²) in [6.45, 7) is 1.89. The molecule has 164 valence electrons. The Morgan fingerprint density at radius 2 is 2.13 bits per heavy atom. The van der Waals surface area contributed by atoms with E-state index in [1.807, 2.05) is 13.0 Å². The first-order chi connectivity index (χ1) is 14.8. The van der Waals surface area contributed by atoms with Gasteiger partial charge in [-0.05, 0) is 44.4 Å². The molecule has 4 rings (SSSR count). The summed E-state index contributed by atoms with van der Waals surface area (Å²) < 4.78 is 40.6. The van der Waals surface area contributed by atoms with Crippen molar-refractivity contribution in [1.82, 2.24) is 9.47 Å². The maximum absolute atomic E-state index is 14.3. The van der Waals surface area contributed by atoms with Gasteiger partial charge in [0.15, 0.2) is 11.6 Å². The van der Waals surface area contributed by atoms with Gasteiger partial charge in [0, 0.05) is 31.7 Å². The molecule has 1 aromatic carbocycles. The van der Waals surface area contributed by atoms with Gasteiger partial charge >= 0.3 is 0 Å². The topological polar surface area (TPSA) is 64.7 Å². The minimum atomic E-state index is -1.19. The van der Waals surface area contributed by atoms with Gasteiger partial charge in [-0.1, -0.05) is 0 Å². The van der Waals surface area contributed by atoms with Gasteiger partial charge in [0.2, 0.25) is 11.2 Å². The Kier molecular flexibility index (Phi) is 5.56. The van der Waals surface area contributed by atoms with E-state index in [1.54, 1.807) is 23.9 Å². The third-order valence-corrected chi connectivity index (χ3v) is 5.91. The lowest BCUT2D eigenvalue weighted by Gasteiger charge is -2.25. The third-order valence-electron chi connectivity index (χ3n) is 5.91. The normalized spacial score (nSPS) is 14.6. The molecule has 3 aromatic rings. The predicted octanol–water partition coefficient (Wildman–Crippen LogP) is 4.31. The number of carbonyl (C=O) groups is 1. The number of rotatable bonds is 7. The van der Waals surface area contributed by atoms with Crippen LogP contribution in [0.3, 0.4) is 0 Å². The molecule has 8 heteroatoms. The zero-order valence-electron chi connectivity index (χ0n) is 17.7. The highest BCUT2D eigenvalue weighted by molar-refractivity contribution is 5.98. The van der Waals surface area contributed by atoms with Gasteiger partial charge in [0.25, 0.3) is 5.91 Å². The third kappa shape index (κ3) is 3.82. The van der Waals surface area contributed by atoms with Crippen molar-refractivity contribution in [2.45, 2.75) is 44.7 Å². The maximum Gasteiger partial charge on any atom is 0.259 e. The summed E-state index contributed by atoms with van der Waals surface area (Å²) in [5.74, 6) is -2.30. The van der Waals surface area contributed by atoms with Gasteiger partial charge in [-0.3, -0.25) is 9.59 Å². The molecular formula is C23H24F2N2O4. The lowest BCUT2D eigenvalue weighted by molar-refractivity contribution is 0.0734. The number of benzene rings is 1. The van der Waals surface area contributed by atoms with Crippen molar-refractivity contribution >= 4 is 16.8 Å². The van der Waals surface area contributed by atoms with Crippen LogP contribution in [0.15, 0.2) is 39.9 Å². The second kappa shape index (κ2) is 8.17. The summed E-state index contributed by atoms with van der Waals surface area (Å²) in [7, 11) is 2.86. The number of furan rings is 1. The van der Waals surface area contributed by atoms with Crippen molar-refractivity contribution in [2.75, 3.05) is 14.2 Å². The molecule has 0 aliphatic heterocycles. The van der Waals surface area contributed by atoms with Crippen LogP contribution in [-0.2, 0) is 6.42 Å². The van der Waals surface area contributed by atoms with Gasteiger partial charge in [-0.2, -0.15) is 4.39 Å². The Labute approximate surface area is 178 Å². The molecular weight excluding hydrogens is 406 g/mol. The van der Waals surface area contributed by atoms with Crippen molar-refractivity contribution in [3.63, 3.8) is 0 Å². The number of aromatic nitrogens is 1. The van der Waals surface area contributed by atoms with E-state index < -0.39 is 23.0 Å². The van der Waals surface area contributed by atoms with Crippen molar-refractivity contribution in [3.8, 4) is 5.75 Å². The Bertz CT molecular complexity index is 1180. The molecule has 1 atom stereocenters. The Morgan fingerprint density at radius 3 is 2.74 bits per heavy atom. The number of methoxy groups -OCH3 is 1. The van der Waals surface area contributed by atoms with Gasteiger partial charge in [-0.25, -0.2) is 4.39 Å². The molecule has 1 saturated carbocycles. The highest BCUT2D eigenvalue weighted by atomic mass is 19.2. The molecule has 2 aromatic heterocycles. The monoisotopic (exact) mass is 430 g/mol. The van der Waals surface area contributed by atoms with Crippen LogP contribution in [0.4, 0.5) is 8.78 Å². The van der Waals surface area contributed by atoms with E-state index in [9.17, 15) is 18.4 Å². The SMILES string of the molecule is COc1c(F)c(F)cc2c(=O)c(C(=O)N(C)[C@@H](C)CCc3ccco3)cn(C3CC3)c12. The van der Waals surface area contributed by atoms with Crippen molar-refractivity contribution in [1.29, 1.82) is 0 Å². The summed E-state index contributed by atoms with van der Waals surface area (Å²) >= 11 is 0. The van der Waals surface area contributed by atoms with E-state index in [4.69, 9.17) is 9.15 Å². The molecule has 6 nitrogen and oxygen atoms in total. The Hall–Kier alpha value is -3.16. The highest BCUT2D eigenvalue weighted by Crippen LogP contribution is 2.40. The smallest absolute Gasteiger partial charge is 0.259 e. The van der Waals surface area contributed by atoms with E-state index in [1.165, 1.54) is 18.2 Å². The summed E-state index contributed by atoms with van der Waals surface area (Å²) in [4.78, 5) is 27.9. The fourth-order valence-corrected chi connectivity index (χ4v) is 3.80. The van der Waals surface area contributed by atoms with Crippen LogP contribution in [-0.4, -0.2) is 35.6 Å². The summed E-state index contributed by atoms with van der Waals surface area (Å²) in [5, 5.41) is -0.0647. The first-order valence-electron chi connectivity index (χ1n) is 10.2. The second-order valence-corrected chi connectivity index (χ2v) is 8.00. The van der Waals surface area contributed by atoms with E-state index in [2.05, 4.69) is 0 Å². The molecule has 1 aliphatic rings. The lowest BCUT2D eigenvalue weighted by Crippen LogP contribution is -2.38. The van der Waals surface area contributed by atoms with Crippen LogP contribution in [0.25, 0.3) is 10.9 Å². The van der Waals surface area contributed by atoms with Gasteiger partial charge < -0.3 is 18.6 Å². The van der Waals surface area contributed by atoms with Crippen LogP contribution < -0.4 is 10.2 Å². The number of hydrogen-bond donors (Lipinski definition) is 0. The number of pyridine rings is 1. The standard InChI is InChI=1S/C23H24F2N2O4/c1-13(6-9-15-5-4-10-31-15)26(2)23(29)17-12-27(14-7-8-14)20-16(21(17)28)11-18(24)19(25)22(20)30-3/h4-5,10-14H,6-9H2,1-3H3/t13-/m0/s1. The quantitative estimate of drug-likeness (QED) is 0.560. The fourth-order valence-electron chi connectivity index (χ4n) is 3.80. The minimum Gasteiger partial charge on any atom is -0.491 e. The molecule has 0 radical (unpaired) electrons. The average molecular weight is 430 g/mol. The maximum atomic E-state index is 14.3. The highest BCUT2D eigenvalue weighted by Gasteiger charge is 2.31. The number of carbonyl (C=O) groups excluding carboxylic acids is 1. The van der Waals surface area contributed by atoms with Crippen LogP contribution >= 0.6 is 0 Å². The number of nitrogens with zero attached hydrogens (tertiary/aromatic N) is 2. The summed E-state index contributed by atoms with van der Waals surface area (Å²) in [6.07, 6.45) is 6.00. The molecule has 1 amide bonds. The summed E-state index contributed by atoms with van der Waals surface area (Å²) in [5.41, 5.74) is -0.530. The predicted molar refractivity (Wildman–Crippen MR) is 112 cm³/mol. The molecule has 31 heavy (non-hydrogen) atoms. The number of ether oxygens (including phenoxy) is 1. The first-order valence-corrected chi connectivity index (χ1v) is 10.2. The zero-order valence-corrected chi connectivity index (χ0v) is 17.7. The zero-order chi connectivity index (χ0) is 22.3. The van der Waals surface area contributed by atoms with E-state index in [-0.39, 0.29) is 34.3 Å². The van der Waals surface area contributed by atoms with E-state index in [0.29, 0.717) is 12.8 Å². The molecule has 1 aliphatic carbocycles. The number of fused-ring (bicyclic) bond motifs is 1. The van der Waals surface area contributed by atoms with E-state index >= 15 is 0 Å². The van der Waals surface area contributed by atoms with Gasteiger partial charge in [0.1, 0.15) is 11.3 Å². The number of amides is 1. The molecule has 0 N–H and O–H groups in total. The van der Waals surface area contributed by atoms with Crippen LogP contribution in [0.1, 0.15) is 48.3 Å². The first kappa shape index (κ1) is 21.1. The molecule has 1 fully saturated rings. The second-order valence-electron chi connectivity index (χ2n) is 8.00. The molecule has 2 heterocycles. The summed E-state index contributed by atoms with van der Waals surface area (Å²) in [6, 6.07) is 4.37. The fraction of sp³-hybridized carbons (Fsp3) is 0.391. The number of hydrogen-bond acceptors (Lipinski definition) is 4. The van der Waals surface area contributed by atoms with Crippen molar-refractivity contribution < 1.29 is 22.7 Å². The van der Waals surface area contributed by atoms with E-state index in [0.717, 1.165) is 24.7 Å². The number of halogens is 2. The molecule has 0 bridgehead atoms. The van der Waals surface area contributed by atoms with Gasteiger partial charge in [-0.15, -0.1) is 0 Å². The van der Waals surface area contributed by atoms with Crippen molar-refractivity contribution in [3.05, 3.63) is 63.8 Å². The lowest BCUT2D eigenvalue weighted by atomic mass is 10.1.